The molecule has 0 unspecified atom stereocenters. The number of rotatable bonds is 5. The lowest BCUT2D eigenvalue weighted by Crippen LogP contribution is -2.12. The van der Waals surface area contributed by atoms with Crippen LogP contribution in [0.15, 0.2) is 79.0 Å². The van der Waals surface area contributed by atoms with E-state index in [9.17, 15) is 4.79 Å². The van der Waals surface area contributed by atoms with Gasteiger partial charge in [-0.15, -0.1) is 0 Å². The number of hydrogen-bond acceptors (Lipinski definition) is 4. The first-order valence-corrected chi connectivity index (χ1v) is 11.6. The Morgan fingerprint density at radius 3 is 2.62 bits per heavy atom. The van der Waals surface area contributed by atoms with E-state index in [1.807, 2.05) is 42.5 Å². The van der Waals surface area contributed by atoms with Gasteiger partial charge in [-0.2, -0.15) is 0 Å². The van der Waals surface area contributed by atoms with E-state index in [-0.39, 0.29) is 5.91 Å². The quantitative estimate of drug-likeness (QED) is 0.316. The summed E-state index contributed by atoms with van der Waals surface area (Å²) in [6.07, 6.45) is 3.55. The molecule has 3 aromatic carbocycles. The highest BCUT2D eigenvalue weighted by atomic mass is 35.5. The number of hydrogen-bond donors (Lipinski definition) is 1. The molecule has 7 heteroatoms. The first-order chi connectivity index (χ1) is 16.6. The van der Waals surface area contributed by atoms with E-state index in [4.69, 9.17) is 32.7 Å². The minimum atomic E-state index is -0.282. The number of anilines is 1. The highest BCUT2D eigenvalue weighted by molar-refractivity contribution is 6.33. The van der Waals surface area contributed by atoms with Gasteiger partial charge in [-0.3, -0.25) is 4.79 Å². The Labute approximate surface area is 207 Å². The summed E-state index contributed by atoms with van der Waals surface area (Å²) in [4.78, 5) is 17.0. The average Bonchev–Trinajstić information content (AvgIpc) is 2.85. The van der Waals surface area contributed by atoms with Crippen LogP contribution < -0.4 is 14.8 Å². The van der Waals surface area contributed by atoms with Crippen LogP contribution in [-0.2, 0) is 6.42 Å². The number of carbonyl (C=O) groups is 1. The van der Waals surface area contributed by atoms with Crippen LogP contribution in [0.1, 0.15) is 22.3 Å². The molecule has 0 bridgehead atoms. The summed E-state index contributed by atoms with van der Waals surface area (Å²) in [5.74, 6) is 2.03. The summed E-state index contributed by atoms with van der Waals surface area (Å²) in [6.45, 7) is 0.689. The number of halogens is 2. The van der Waals surface area contributed by atoms with Crippen LogP contribution in [0.25, 0.3) is 11.1 Å². The lowest BCUT2D eigenvalue weighted by atomic mass is 10.1. The van der Waals surface area contributed by atoms with Gasteiger partial charge in [0.1, 0.15) is 23.1 Å². The summed E-state index contributed by atoms with van der Waals surface area (Å²) in [5.41, 5.74) is 3.29. The molecule has 5 nitrogen and oxygen atoms in total. The third-order valence-electron chi connectivity index (χ3n) is 5.49. The fourth-order valence-corrected chi connectivity index (χ4v) is 4.25. The van der Waals surface area contributed by atoms with E-state index < -0.39 is 0 Å². The van der Waals surface area contributed by atoms with Crippen molar-refractivity contribution in [2.45, 2.75) is 12.8 Å². The molecular formula is C27H20Cl2N2O3. The van der Waals surface area contributed by atoms with E-state index >= 15 is 0 Å². The summed E-state index contributed by atoms with van der Waals surface area (Å²) < 4.78 is 11.6. The van der Waals surface area contributed by atoms with Crippen molar-refractivity contribution < 1.29 is 14.3 Å². The third-order valence-corrected chi connectivity index (χ3v) is 6.12. The fraction of sp³-hybridized carbons (Fsp3) is 0.111. The maximum Gasteiger partial charge on any atom is 0.256 e. The molecule has 0 saturated carbocycles. The number of fused-ring (bicyclic) bond motifs is 1. The number of aryl methyl sites for hydroxylation is 1. The second kappa shape index (κ2) is 9.75. The molecule has 5 rings (SSSR count). The number of nitrogens with zero attached hydrogens (tertiary/aromatic N) is 1. The van der Waals surface area contributed by atoms with Gasteiger partial charge in [-0.1, -0.05) is 41.4 Å². The van der Waals surface area contributed by atoms with E-state index in [1.54, 1.807) is 36.5 Å². The molecule has 1 aromatic heterocycles. The van der Waals surface area contributed by atoms with Crippen LogP contribution in [0.3, 0.4) is 0 Å². The van der Waals surface area contributed by atoms with E-state index in [0.29, 0.717) is 39.5 Å². The van der Waals surface area contributed by atoms with Crippen molar-refractivity contribution in [3.8, 4) is 28.4 Å². The zero-order valence-electron chi connectivity index (χ0n) is 18.1. The predicted molar refractivity (Wildman–Crippen MR) is 134 cm³/mol. The fourth-order valence-electron chi connectivity index (χ4n) is 3.78. The molecular weight excluding hydrogens is 471 g/mol. The first kappa shape index (κ1) is 22.3. The normalized spacial score (nSPS) is 12.4. The molecule has 0 fully saturated rings. The molecule has 0 atom stereocenters. The Hall–Kier alpha value is -3.54. The van der Waals surface area contributed by atoms with Gasteiger partial charge in [-0.25, -0.2) is 4.98 Å². The minimum absolute atomic E-state index is 0.282. The van der Waals surface area contributed by atoms with Gasteiger partial charge >= 0.3 is 0 Å². The molecule has 2 heterocycles. The Balaban J connectivity index is 1.28. The summed E-state index contributed by atoms with van der Waals surface area (Å²) >= 11 is 12.7. The van der Waals surface area contributed by atoms with E-state index in [2.05, 4.69) is 10.3 Å². The van der Waals surface area contributed by atoms with Gasteiger partial charge < -0.3 is 14.8 Å². The topological polar surface area (TPSA) is 60.5 Å². The van der Waals surface area contributed by atoms with Crippen LogP contribution in [0.4, 0.5) is 5.82 Å². The van der Waals surface area contributed by atoms with E-state index in [0.717, 1.165) is 35.3 Å². The van der Waals surface area contributed by atoms with Crippen molar-refractivity contribution >= 4 is 34.9 Å². The molecule has 0 spiro atoms. The molecule has 34 heavy (non-hydrogen) atoms. The standard InChI is InChI=1S/C27H20Cl2N2O3/c28-22-6-2-1-5-21(22)18-11-12-30-26(15-18)31-27(32)17-7-9-20(10-8-17)34-25-16-24-19(14-23(25)29)4-3-13-33-24/h1-2,5-12,14-16H,3-4,13H2,(H,30,31,32). The molecule has 4 aromatic rings. The zero-order chi connectivity index (χ0) is 23.5. The Morgan fingerprint density at radius 2 is 1.79 bits per heavy atom. The average molecular weight is 491 g/mol. The highest BCUT2D eigenvalue weighted by Crippen LogP contribution is 2.37. The van der Waals surface area contributed by atoms with Gasteiger partial charge in [0, 0.05) is 28.4 Å². The van der Waals surface area contributed by atoms with Gasteiger partial charge in [0.15, 0.2) is 0 Å². The van der Waals surface area contributed by atoms with Crippen molar-refractivity contribution in [2.24, 2.45) is 0 Å². The number of ether oxygens (including phenoxy) is 2. The first-order valence-electron chi connectivity index (χ1n) is 10.8. The molecule has 0 radical (unpaired) electrons. The Kier molecular flexibility index (Phi) is 6.39. The Bertz CT molecular complexity index is 1360. The number of benzene rings is 3. The van der Waals surface area contributed by atoms with Gasteiger partial charge in [0.05, 0.1) is 11.6 Å². The third kappa shape index (κ3) is 4.86. The van der Waals surface area contributed by atoms with Gasteiger partial charge in [0.25, 0.3) is 5.91 Å². The maximum absolute atomic E-state index is 12.8. The smallest absolute Gasteiger partial charge is 0.256 e. The minimum Gasteiger partial charge on any atom is -0.493 e. The number of aromatic nitrogens is 1. The van der Waals surface area contributed by atoms with Crippen LogP contribution in [0.2, 0.25) is 10.0 Å². The Morgan fingerprint density at radius 1 is 0.971 bits per heavy atom. The predicted octanol–water partition coefficient (Wildman–Crippen LogP) is 7.43. The van der Waals surface area contributed by atoms with Crippen molar-refractivity contribution in [3.05, 3.63) is 100 Å². The second-order valence-electron chi connectivity index (χ2n) is 7.83. The molecule has 0 saturated heterocycles. The van der Waals surface area contributed by atoms with Gasteiger partial charge in [0.2, 0.25) is 0 Å². The molecule has 1 aliphatic rings. The van der Waals surface area contributed by atoms with Crippen LogP contribution in [-0.4, -0.2) is 17.5 Å². The molecule has 1 amide bonds. The number of pyridine rings is 1. The van der Waals surface area contributed by atoms with Gasteiger partial charge in [-0.05, 0) is 72.5 Å². The number of nitrogens with one attached hydrogen (secondary N) is 1. The number of carbonyl (C=O) groups excluding carboxylic acids is 1. The second-order valence-corrected chi connectivity index (χ2v) is 8.65. The van der Waals surface area contributed by atoms with Crippen LogP contribution in [0, 0.1) is 0 Å². The lowest BCUT2D eigenvalue weighted by molar-refractivity contribution is 0.102. The van der Waals surface area contributed by atoms with Crippen LogP contribution >= 0.6 is 23.2 Å². The van der Waals surface area contributed by atoms with Crippen molar-refractivity contribution in [3.63, 3.8) is 0 Å². The lowest BCUT2D eigenvalue weighted by Gasteiger charge is -2.19. The zero-order valence-corrected chi connectivity index (χ0v) is 19.6. The van der Waals surface area contributed by atoms with Crippen molar-refractivity contribution in [1.82, 2.24) is 4.98 Å². The van der Waals surface area contributed by atoms with Crippen LogP contribution in [0.5, 0.6) is 17.2 Å². The molecule has 170 valence electrons. The summed E-state index contributed by atoms with van der Waals surface area (Å²) in [6, 6.07) is 21.7. The molecule has 1 aliphatic heterocycles. The maximum atomic E-state index is 12.8. The largest absolute Gasteiger partial charge is 0.493 e. The number of amides is 1. The van der Waals surface area contributed by atoms with Crippen molar-refractivity contribution in [2.75, 3.05) is 11.9 Å². The SMILES string of the molecule is O=C(Nc1cc(-c2ccccc2Cl)ccn1)c1ccc(Oc2cc3c(cc2Cl)CCCO3)cc1. The van der Waals surface area contributed by atoms with Crippen molar-refractivity contribution in [1.29, 1.82) is 0 Å². The highest BCUT2D eigenvalue weighted by Gasteiger charge is 2.16. The van der Waals surface area contributed by atoms with E-state index in [1.165, 1.54) is 0 Å². The summed E-state index contributed by atoms with van der Waals surface area (Å²) in [7, 11) is 0. The summed E-state index contributed by atoms with van der Waals surface area (Å²) in [5, 5.41) is 3.98. The molecule has 0 aliphatic carbocycles. The monoisotopic (exact) mass is 490 g/mol. The molecule has 1 N–H and O–H groups in total.